The molecule has 0 rings (SSSR count). The molecular weight excluding hydrogens is 161 g/mol. The fourth-order valence-electron chi connectivity index (χ4n) is 0.0791. The van der Waals surface area contributed by atoms with Gasteiger partial charge in [0.2, 0.25) is 0 Å². The van der Waals surface area contributed by atoms with Crippen LogP contribution in [0.1, 0.15) is 6.42 Å². The third-order valence-electron chi connectivity index (χ3n) is 0.289. The van der Waals surface area contributed by atoms with Gasteiger partial charge < -0.3 is 17.0 Å². The Hall–Kier alpha value is 0.400. The van der Waals surface area contributed by atoms with Gasteiger partial charge in [0, 0.05) is 0 Å². The topological polar surface area (TPSA) is 23.8 Å². The first kappa shape index (κ1) is 9.64. The van der Waals surface area contributed by atoms with Crippen LogP contribution >= 0.6 is 9.24 Å². The van der Waals surface area contributed by atoms with Crippen molar-refractivity contribution in [3.8, 4) is 6.07 Å². The second kappa shape index (κ2) is 9.04. The Morgan fingerprint density at radius 2 is 2.17 bits per heavy atom. The second-order valence-electron chi connectivity index (χ2n) is 0.762. The molecule has 0 heterocycles. The van der Waals surface area contributed by atoms with Crippen LogP contribution in [0.15, 0.2) is 0 Å². The van der Waals surface area contributed by atoms with Crippen LogP contribution in [0.3, 0.4) is 0 Å². The molecule has 0 amide bonds. The maximum absolute atomic E-state index is 7.82. The van der Waals surface area contributed by atoms with Crippen molar-refractivity contribution in [2.75, 3.05) is 6.16 Å². The predicted octanol–water partition coefficient (Wildman–Crippen LogP) is -2.49. The van der Waals surface area contributed by atoms with Gasteiger partial charge in [0.25, 0.3) is 0 Å². The number of halogens is 1. The lowest BCUT2D eigenvalue weighted by Crippen LogP contribution is -3.00. The van der Waals surface area contributed by atoms with E-state index in [-0.39, 0.29) is 17.0 Å². The standard InChI is InChI=1S/C3H6NP.BrH/c4-2-1-3-5;/h1,3,5H2;1H. The van der Waals surface area contributed by atoms with Gasteiger partial charge in [-0.2, -0.15) is 5.26 Å². The predicted molar refractivity (Wildman–Crippen MR) is 26.2 cm³/mol. The van der Waals surface area contributed by atoms with Gasteiger partial charge in [-0.15, -0.1) is 0 Å². The Balaban J connectivity index is 0. The highest BCUT2D eigenvalue weighted by Gasteiger charge is 1.70. The Bertz CT molecular complexity index is 49.2. The minimum Gasteiger partial charge on any atom is -1.00 e. The number of rotatable bonds is 1. The molecular formula is C3H7BrNP. The molecule has 1 atom stereocenters. The lowest BCUT2D eigenvalue weighted by molar-refractivity contribution is -0.00000125. The van der Waals surface area contributed by atoms with Crippen LogP contribution in [0.5, 0.6) is 0 Å². The summed E-state index contributed by atoms with van der Waals surface area (Å²) in [4.78, 5) is 0. The van der Waals surface area contributed by atoms with E-state index in [9.17, 15) is 0 Å². The highest BCUT2D eigenvalue weighted by atomic mass is 79.9. The maximum atomic E-state index is 7.82. The molecule has 1 unspecified atom stereocenters. The summed E-state index contributed by atoms with van der Waals surface area (Å²) in [6.45, 7) is 0. The molecule has 1 nitrogen and oxygen atoms in total. The molecule has 0 spiro atoms. The number of hydrogen-bond acceptors (Lipinski definition) is 1. The number of nitrogens with zero attached hydrogens (tertiary/aromatic N) is 1. The summed E-state index contributed by atoms with van der Waals surface area (Å²) in [6.07, 6.45) is 1.72. The van der Waals surface area contributed by atoms with Crippen LogP contribution in [0.4, 0.5) is 0 Å². The van der Waals surface area contributed by atoms with Gasteiger partial charge in [-0.3, -0.25) is 0 Å². The van der Waals surface area contributed by atoms with Crippen molar-refractivity contribution in [1.82, 2.24) is 0 Å². The third kappa shape index (κ3) is 8.83. The molecule has 3 heteroatoms. The molecule has 0 N–H and O–H groups in total. The van der Waals surface area contributed by atoms with E-state index in [2.05, 4.69) is 0 Å². The third-order valence-corrected chi connectivity index (χ3v) is 0.642. The molecule has 0 bridgehead atoms. The summed E-state index contributed by atoms with van der Waals surface area (Å²) in [6, 6.07) is 2.02. The molecule has 0 aromatic carbocycles. The SMILES string of the molecule is N#CCC[PH3+].[Br-]. The highest BCUT2D eigenvalue weighted by molar-refractivity contribution is 7.16. The van der Waals surface area contributed by atoms with Crippen LogP contribution in [0.2, 0.25) is 0 Å². The largest absolute Gasteiger partial charge is 1.00 e. The average Bonchev–Trinajstić information content (AvgIpc) is 1.41. The quantitative estimate of drug-likeness (QED) is 0.397. The number of nitriles is 1. The molecule has 0 aromatic heterocycles. The lowest BCUT2D eigenvalue weighted by atomic mass is 10.6. The van der Waals surface area contributed by atoms with E-state index in [0.717, 1.165) is 6.16 Å². The van der Waals surface area contributed by atoms with Crippen LogP contribution in [-0.2, 0) is 0 Å². The van der Waals surface area contributed by atoms with E-state index in [0.29, 0.717) is 6.42 Å². The Kier molecular flexibility index (Phi) is 14.5. The van der Waals surface area contributed by atoms with Gasteiger partial charge in [-0.25, -0.2) is 0 Å². The molecule has 0 aliphatic heterocycles. The first-order valence-electron chi connectivity index (χ1n) is 1.58. The summed E-state index contributed by atoms with van der Waals surface area (Å²) in [7, 11) is 1.83. The summed E-state index contributed by atoms with van der Waals surface area (Å²) >= 11 is 0. The van der Waals surface area contributed by atoms with Crippen molar-refractivity contribution >= 4 is 9.24 Å². The van der Waals surface area contributed by atoms with E-state index < -0.39 is 0 Å². The zero-order valence-electron chi connectivity index (χ0n) is 3.45. The molecule has 0 aliphatic carbocycles. The maximum Gasteiger partial charge on any atom is 0.0683 e. The zero-order chi connectivity index (χ0) is 4.12. The van der Waals surface area contributed by atoms with Gasteiger partial charge >= 0.3 is 0 Å². The van der Waals surface area contributed by atoms with Crippen LogP contribution in [0, 0.1) is 11.3 Å². The molecule has 0 radical (unpaired) electrons. The number of hydrogen-bond donors (Lipinski definition) is 0. The van der Waals surface area contributed by atoms with Crippen molar-refractivity contribution in [2.45, 2.75) is 6.42 Å². The molecule has 36 valence electrons. The van der Waals surface area contributed by atoms with Crippen molar-refractivity contribution in [3.63, 3.8) is 0 Å². The Labute approximate surface area is 50.7 Å². The summed E-state index contributed by atoms with van der Waals surface area (Å²) in [5, 5.41) is 7.82. The Morgan fingerprint density at radius 1 is 1.67 bits per heavy atom. The van der Waals surface area contributed by atoms with Crippen molar-refractivity contribution < 1.29 is 17.0 Å². The fourth-order valence-corrected chi connectivity index (χ4v) is 0.237. The molecule has 0 saturated heterocycles. The van der Waals surface area contributed by atoms with Gasteiger partial charge in [0.15, 0.2) is 0 Å². The second-order valence-corrected chi connectivity index (χ2v) is 1.47. The van der Waals surface area contributed by atoms with Gasteiger partial charge in [0.1, 0.15) is 0 Å². The Morgan fingerprint density at radius 3 is 2.17 bits per heavy atom. The summed E-state index contributed by atoms with van der Waals surface area (Å²) in [5.41, 5.74) is 0. The summed E-state index contributed by atoms with van der Waals surface area (Å²) in [5.74, 6) is 0. The average molecular weight is 168 g/mol. The molecule has 0 aromatic rings. The zero-order valence-corrected chi connectivity index (χ0v) is 6.45. The molecule has 6 heavy (non-hydrogen) atoms. The van der Waals surface area contributed by atoms with E-state index >= 15 is 0 Å². The van der Waals surface area contributed by atoms with Crippen molar-refractivity contribution in [2.24, 2.45) is 0 Å². The smallest absolute Gasteiger partial charge is 0.0683 e. The minimum absolute atomic E-state index is 0. The van der Waals surface area contributed by atoms with Crippen molar-refractivity contribution in [1.29, 1.82) is 5.26 Å². The van der Waals surface area contributed by atoms with Gasteiger partial charge in [-0.1, -0.05) is 0 Å². The highest BCUT2D eigenvalue weighted by Crippen LogP contribution is 1.81. The monoisotopic (exact) mass is 167 g/mol. The normalized spacial score (nSPS) is 5.83. The van der Waals surface area contributed by atoms with Crippen LogP contribution in [-0.4, -0.2) is 6.16 Å². The van der Waals surface area contributed by atoms with Gasteiger partial charge in [0.05, 0.1) is 18.7 Å². The first-order valence-corrected chi connectivity index (χ1v) is 2.58. The molecule has 0 fully saturated rings. The fraction of sp³-hybridized carbons (Fsp3) is 0.667. The molecule has 0 aliphatic rings. The minimum atomic E-state index is 0. The lowest BCUT2D eigenvalue weighted by Gasteiger charge is -1.60. The molecule has 0 saturated carbocycles. The first-order chi connectivity index (χ1) is 2.41. The van der Waals surface area contributed by atoms with Crippen LogP contribution < -0.4 is 17.0 Å². The van der Waals surface area contributed by atoms with E-state index in [1.54, 1.807) is 0 Å². The summed E-state index contributed by atoms with van der Waals surface area (Å²) < 4.78 is 0. The van der Waals surface area contributed by atoms with E-state index in [4.69, 9.17) is 5.26 Å². The van der Waals surface area contributed by atoms with Crippen LogP contribution in [0.25, 0.3) is 0 Å². The van der Waals surface area contributed by atoms with Gasteiger partial charge in [-0.05, 0) is 9.24 Å². The van der Waals surface area contributed by atoms with Crippen molar-refractivity contribution in [3.05, 3.63) is 0 Å². The van der Waals surface area contributed by atoms with E-state index in [1.807, 2.05) is 15.3 Å². The van der Waals surface area contributed by atoms with E-state index in [1.165, 1.54) is 0 Å².